The first-order valence-corrected chi connectivity index (χ1v) is 11.3. The topological polar surface area (TPSA) is 68.6 Å². The van der Waals surface area contributed by atoms with Crippen LogP contribution in [0.2, 0.25) is 0 Å². The van der Waals surface area contributed by atoms with Gasteiger partial charge in [0.2, 0.25) is 0 Å². The second kappa shape index (κ2) is 10.1. The third-order valence-electron chi connectivity index (χ3n) is 6.20. The van der Waals surface area contributed by atoms with Crippen molar-refractivity contribution in [3.8, 4) is 11.5 Å². The Balaban J connectivity index is 1.55. The van der Waals surface area contributed by atoms with Crippen molar-refractivity contribution in [3.05, 3.63) is 76.6 Å². The molecular formula is C26H32N4O3. The van der Waals surface area contributed by atoms with Gasteiger partial charge in [-0.2, -0.15) is 5.10 Å². The Kier molecular flexibility index (Phi) is 6.99. The van der Waals surface area contributed by atoms with E-state index in [1.165, 1.54) is 11.3 Å². The number of hydrogen-bond acceptors (Lipinski definition) is 5. The Hall–Kier alpha value is -3.32. The lowest BCUT2D eigenvalue weighted by Crippen LogP contribution is -2.35. The average molecular weight is 449 g/mol. The number of hydrogen-bond donors (Lipinski definition) is 1. The largest absolute Gasteiger partial charge is 0.493 e. The van der Waals surface area contributed by atoms with Crippen LogP contribution in [0.15, 0.2) is 48.5 Å². The lowest BCUT2D eigenvalue weighted by Gasteiger charge is -2.25. The van der Waals surface area contributed by atoms with Gasteiger partial charge in [-0.15, -0.1) is 0 Å². The average Bonchev–Trinajstić information content (AvgIpc) is 3.19. The van der Waals surface area contributed by atoms with Crippen molar-refractivity contribution in [3.63, 3.8) is 0 Å². The molecule has 174 valence electrons. The van der Waals surface area contributed by atoms with Crippen LogP contribution in [0, 0.1) is 0 Å². The van der Waals surface area contributed by atoms with E-state index in [4.69, 9.17) is 14.6 Å². The zero-order valence-electron chi connectivity index (χ0n) is 19.8. The van der Waals surface area contributed by atoms with E-state index in [1.54, 1.807) is 33.2 Å². The lowest BCUT2D eigenvalue weighted by molar-refractivity contribution is 0.0820. The number of rotatable bonds is 8. The summed E-state index contributed by atoms with van der Waals surface area (Å²) in [5, 5.41) is 8.43. The maximum atomic E-state index is 12.9. The molecule has 0 aliphatic heterocycles. The van der Waals surface area contributed by atoms with E-state index in [0.717, 1.165) is 41.9 Å². The Bertz CT molecular complexity index is 1110. The van der Waals surface area contributed by atoms with Crippen LogP contribution in [0.5, 0.6) is 11.5 Å². The Morgan fingerprint density at radius 2 is 1.91 bits per heavy atom. The highest BCUT2D eigenvalue weighted by Gasteiger charge is 2.30. The maximum Gasteiger partial charge on any atom is 0.274 e. The molecule has 1 aliphatic rings. The summed E-state index contributed by atoms with van der Waals surface area (Å²) in [6.07, 6.45) is 2.63. The van der Waals surface area contributed by atoms with Gasteiger partial charge >= 0.3 is 0 Å². The number of methoxy groups -OCH3 is 2. The molecule has 0 bridgehead atoms. The highest BCUT2D eigenvalue weighted by atomic mass is 16.5. The van der Waals surface area contributed by atoms with Crippen molar-refractivity contribution < 1.29 is 14.3 Å². The molecule has 1 aliphatic carbocycles. The molecule has 0 saturated heterocycles. The molecule has 0 saturated carbocycles. The van der Waals surface area contributed by atoms with Crippen LogP contribution in [-0.2, 0) is 25.9 Å². The molecule has 2 aromatic carbocycles. The number of fused-ring (bicyclic) bond motifs is 1. The molecule has 0 spiro atoms. The van der Waals surface area contributed by atoms with Gasteiger partial charge in [0.1, 0.15) is 0 Å². The van der Waals surface area contributed by atoms with Gasteiger partial charge in [0.15, 0.2) is 17.2 Å². The number of carbonyl (C=O) groups is 1. The SMILES string of the molecule is COc1cccc(CNC2CCc3c(c(C(=O)N(C)C)nn3Cc3ccccc3)C2)c1OC. The first-order chi connectivity index (χ1) is 16.0. The van der Waals surface area contributed by atoms with Gasteiger partial charge in [-0.1, -0.05) is 42.5 Å². The molecule has 1 heterocycles. The van der Waals surface area contributed by atoms with Crippen LogP contribution in [0.25, 0.3) is 0 Å². The van der Waals surface area contributed by atoms with Crippen molar-refractivity contribution in [2.24, 2.45) is 0 Å². The van der Waals surface area contributed by atoms with E-state index in [0.29, 0.717) is 18.8 Å². The zero-order chi connectivity index (χ0) is 23.4. The fraction of sp³-hybridized carbons (Fsp3) is 0.385. The number of para-hydroxylation sites is 1. The lowest BCUT2D eigenvalue weighted by atomic mass is 9.90. The fourth-order valence-electron chi connectivity index (χ4n) is 4.48. The minimum Gasteiger partial charge on any atom is -0.493 e. The van der Waals surface area contributed by atoms with Crippen molar-refractivity contribution in [2.45, 2.75) is 38.4 Å². The fourth-order valence-corrected chi connectivity index (χ4v) is 4.48. The van der Waals surface area contributed by atoms with Crippen LogP contribution >= 0.6 is 0 Å². The molecule has 1 amide bonds. The molecule has 1 unspecified atom stereocenters. The van der Waals surface area contributed by atoms with Crippen molar-refractivity contribution in [1.29, 1.82) is 0 Å². The quantitative estimate of drug-likeness (QED) is 0.573. The predicted octanol–water partition coefficient (Wildman–Crippen LogP) is 3.30. The monoisotopic (exact) mass is 448 g/mol. The molecule has 4 rings (SSSR count). The van der Waals surface area contributed by atoms with E-state index in [9.17, 15) is 4.79 Å². The summed E-state index contributed by atoms with van der Waals surface area (Å²) in [4.78, 5) is 14.5. The molecule has 33 heavy (non-hydrogen) atoms. The van der Waals surface area contributed by atoms with E-state index in [2.05, 4.69) is 17.4 Å². The number of aromatic nitrogens is 2. The third-order valence-corrected chi connectivity index (χ3v) is 6.20. The van der Waals surface area contributed by atoms with Gasteiger partial charge < -0.3 is 19.7 Å². The summed E-state index contributed by atoms with van der Waals surface area (Å²) in [5.41, 5.74) is 5.02. The van der Waals surface area contributed by atoms with Gasteiger partial charge in [-0.25, -0.2) is 0 Å². The first-order valence-electron chi connectivity index (χ1n) is 11.3. The summed E-state index contributed by atoms with van der Waals surface area (Å²) < 4.78 is 13.0. The summed E-state index contributed by atoms with van der Waals surface area (Å²) in [5.74, 6) is 1.43. The third kappa shape index (κ3) is 4.88. The van der Waals surface area contributed by atoms with Crippen LogP contribution in [0.3, 0.4) is 0 Å². The van der Waals surface area contributed by atoms with Crippen molar-refractivity contribution >= 4 is 5.91 Å². The molecule has 7 nitrogen and oxygen atoms in total. The normalized spacial score (nSPS) is 15.1. The van der Waals surface area contributed by atoms with Gasteiger partial charge in [0.25, 0.3) is 5.91 Å². The summed E-state index contributed by atoms with van der Waals surface area (Å²) in [6, 6.07) is 16.4. The summed E-state index contributed by atoms with van der Waals surface area (Å²) >= 11 is 0. The van der Waals surface area contributed by atoms with E-state index < -0.39 is 0 Å². The van der Waals surface area contributed by atoms with Crippen molar-refractivity contribution in [1.82, 2.24) is 20.0 Å². The van der Waals surface area contributed by atoms with Crippen LogP contribution < -0.4 is 14.8 Å². The van der Waals surface area contributed by atoms with Crippen LogP contribution in [-0.4, -0.2) is 54.9 Å². The number of nitrogens with one attached hydrogen (secondary N) is 1. The molecular weight excluding hydrogens is 416 g/mol. The number of amides is 1. The molecule has 1 aromatic heterocycles. The van der Waals surface area contributed by atoms with Gasteiger partial charge in [0, 0.05) is 43.5 Å². The molecule has 0 fully saturated rings. The second-order valence-corrected chi connectivity index (χ2v) is 8.59. The van der Waals surface area contributed by atoms with Gasteiger partial charge in [-0.3, -0.25) is 9.48 Å². The number of benzene rings is 2. The van der Waals surface area contributed by atoms with Crippen LogP contribution in [0.4, 0.5) is 0 Å². The number of nitrogens with zero attached hydrogens (tertiary/aromatic N) is 3. The van der Waals surface area contributed by atoms with Gasteiger partial charge in [-0.05, 0) is 30.9 Å². The number of carbonyl (C=O) groups excluding carboxylic acids is 1. The Morgan fingerprint density at radius 1 is 1.12 bits per heavy atom. The molecule has 7 heteroatoms. The van der Waals surface area contributed by atoms with E-state index in [1.807, 2.05) is 41.1 Å². The second-order valence-electron chi connectivity index (χ2n) is 8.59. The molecule has 3 aromatic rings. The smallest absolute Gasteiger partial charge is 0.274 e. The molecule has 1 atom stereocenters. The standard InChI is InChI=1S/C26H32N4O3/c1-29(2)26(31)24-21-15-20(27-16-19-11-8-12-23(32-3)25(19)33-4)13-14-22(21)30(28-24)17-18-9-6-5-7-10-18/h5-12,20,27H,13-17H2,1-4H3. The molecule has 1 N–H and O–H groups in total. The zero-order valence-corrected chi connectivity index (χ0v) is 19.8. The van der Waals surface area contributed by atoms with Crippen LogP contribution in [0.1, 0.15) is 39.3 Å². The minimum atomic E-state index is -0.0480. The van der Waals surface area contributed by atoms with E-state index >= 15 is 0 Å². The summed E-state index contributed by atoms with van der Waals surface area (Å²) in [7, 11) is 6.86. The van der Waals surface area contributed by atoms with Crippen molar-refractivity contribution in [2.75, 3.05) is 28.3 Å². The minimum absolute atomic E-state index is 0.0480. The highest BCUT2D eigenvalue weighted by Crippen LogP contribution is 2.31. The maximum absolute atomic E-state index is 12.9. The summed E-state index contributed by atoms with van der Waals surface area (Å²) in [6.45, 7) is 1.33. The Labute approximate surface area is 195 Å². The van der Waals surface area contributed by atoms with E-state index in [-0.39, 0.29) is 11.9 Å². The first kappa shape index (κ1) is 22.9. The Morgan fingerprint density at radius 3 is 2.61 bits per heavy atom. The number of ether oxygens (including phenoxy) is 2. The molecule has 0 radical (unpaired) electrons. The van der Waals surface area contributed by atoms with Gasteiger partial charge in [0.05, 0.1) is 20.8 Å². The highest BCUT2D eigenvalue weighted by molar-refractivity contribution is 5.93. The predicted molar refractivity (Wildman–Crippen MR) is 128 cm³/mol.